The first-order valence-corrected chi connectivity index (χ1v) is 7.57. The molecule has 0 fully saturated rings. The second-order valence-corrected chi connectivity index (χ2v) is 4.80. The quantitative estimate of drug-likeness (QED) is 0.380. The Bertz CT molecular complexity index is 537. The van der Waals surface area contributed by atoms with E-state index < -0.39 is 11.9 Å². The minimum atomic E-state index is -0.589. The topological polar surface area (TPSA) is 82.1 Å². The number of carbonyl (C=O) groups is 2. The lowest BCUT2D eigenvalue weighted by Crippen LogP contribution is -2.10. The van der Waals surface area contributed by atoms with Gasteiger partial charge in [-0.1, -0.05) is 25.3 Å². The van der Waals surface area contributed by atoms with Crippen LogP contribution in [0.4, 0.5) is 0 Å². The molecule has 1 aromatic rings. The van der Waals surface area contributed by atoms with E-state index in [1.165, 1.54) is 30.4 Å². The van der Waals surface area contributed by atoms with Crippen LogP contribution in [0.2, 0.25) is 0 Å². The van der Waals surface area contributed by atoms with Crippen molar-refractivity contribution in [2.75, 3.05) is 26.4 Å². The molecule has 1 aromatic carbocycles. The number of benzene rings is 1. The molecule has 0 radical (unpaired) electrons. The summed E-state index contributed by atoms with van der Waals surface area (Å²) in [6.45, 7) is 7.52. The average molecular weight is 334 g/mol. The number of aliphatic hydroxyl groups excluding tert-OH is 1. The second kappa shape index (κ2) is 11.0. The van der Waals surface area contributed by atoms with Crippen LogP contribution in [0.3, 0.4) is 0 Å². The number of esters is 2. The van der Waals surface area contributed by atoms with Gasteiger partial charge in [-0.05, 0) is 31.0 Å². The minimum absolute atomic E-state index is 0.0661. The van der Waals surface area contributed by atoms with Gasteiger partial charge in [0.1, 0.15) is 19.0 Å². The van der Waals surface area contributed by atoms with Crippen molar-refractivity contribution in [3.8, 4) is 5.75 Å². The highest BCUT2D eigenvalue weighted by atomic mass is 16.5. The van der Waals surface area contributed by atoms with Crippen molar-refractivity contribution in [3.63, 3.8) is 0 Å². The Morgan fingerprint density at radius 3 is 1.96 bits per heavy atom. The first-order chi connectivity index (χ1) is 11.6. The fourth-order valence-electron chi connectivity index (χ4n) is 1.76. The summed E-state index contributed by atoms with van der Waals surface area (Å²) >= 11 is 0. The first kappa shape index (κ1) is 19.4. The largest absolute Gasteiger partial charge is 0.494 e. The molecule has 1 rings (SSSR count). The normalized spacial score (nSPS) is 9.88. The summed E-state index contributed by atoms with van der Waals surface area (Å²) in [4.78, 5) is 24.0. The highest BCUT2D eigenvalue weighted by Crippen LogP contribution is 2.19. The van der Waals surface area contributed by atoms with E-state index in [-0.39, 0.29) is 30.9 Å². The van der Waals surface area contributed by atoms with Crippen molar-refractivity contribution in [1.82, 2.24) is 0 Å². The van der Waals surface area contributed by atoms with Gasteiger partial charge in [0, 0.05) is 6.61 Å². The van der Waals surface area contributed by atoms with E-state index in [0.717, 1.165) is 0 Å². The number of hydrogen-bond acceptors (Lipinski definition) is 6. The lowest BCUT2D eigenvalue weighted by molar-refractivity contribution is 0.0547. The molecule has 24 heavy (non-hydrogen) atoms. The van der Waals surface area contributed by atoms with Gasteiger partial charge < -0.3 is 19.3 Å². The second-order valence-electron chi connectivity index (χ2n) is 4.80. The van der Waals surface area contributed by atoms with Gasteiger partial charge >= 0.3 is 11.9 Å². The van der Waals surface area contributed by atoms with Crippen molar-refractivity contribution < 1.29 is 28.9 Å². The van der Waals surface area contributed by atoms with E-state index in [9.17, 15) is 9.59 Å². The number of aliphatic hydroxyl groups is 1. The van der Waals surface area contributed by atoms with E-state index in [4.69, 9.17) is 19.3 Å². The molecule has 6 nitrogen and oxygen atoms in total. The van der Waals surface area contributed by atoms with Crippen LogP contribution in [0.25, 0.3) is 0 Å². The summed E-state index contributed by atoms with van der Waals surface area (Å²) in [5.74, 6) is -0.825. The van der Waals surface area contributed by atoms with Gasteiger partial charge in [0.05, 0.1) is 17.7 Å². The molecule has 6 heteroatoms. The number of rotatable bonds is 11. The summed E-state index contributed by atoms with van der Waals surface area (Å²) in [6, 6.07) is 4.38. The fourth-order valence-corrected chi connectivity index (χ4v) is 1.76. The Hall–Kier alpha value is -2.60. The summed E-state index contributed by atoms with van der Waals surface area (Å²) in [5.41, 5.74) is 0.365. The van der Waals surface area contributed by atoms with Crippen LogP contribution in [0.15, 0.2) is 43.5 Å². The molecule has 0 unspecified atom stereocenters. The Kier molecular flexibility index (Phi) is 8.93. The Balaban J connectivity index is 2.95. The molecule has 0 amide bonds. The Labute approximate surface area is 141 Å². The third-order valence-electron chi connectivity index (χ3n) is 2.86. The third kappa shape index (κ3) is 6.66. The Morgan fingerprint density at radius 2 is 1.50 bits per heavy atom. The summed E-state index contributed by atoms with van der Waals surface area (Å²) in [5, 5.41) is 8.77. The van der Waals surface area contributed by atoms with Crippen LogP contribution in [-0.2, 0) is 9.47 Å². The maximum Gasteiger partial charge on any atom is 0.338 e. The summed E-state index contributed by atoms with van der Waals surface area (Å²) < 4.78 is 15.5. The van der Waals surface area contributed by atoms with Gasteiger partial charge in [-0.15, -0.1) is 0 Å². The van der Waals surface area contributed by atoms with Crippen LogP contribution in [0, 0.1) is 0 Å². The Morgan fingerprint density at radius 1 is 0.958 bits per heavy atom. The predicted molar refractivity (Wildman–Crippen MR) is 89.2 cm³/mol. The highest BCUT2D eigenvalue weighted by Gasteiger charge is 2.15. The van der Waals surface area contributed by atoms with Crippen molar-refractivity contribution in [2.45, 2.75) is 12.8 Å². The zero-order chi connectivity index (χ0) is 17.8. The average Bonchev–Trinajstić information content (AvgIpc) is 2.60. The summed E-state index contributed by atoms with van der Waals surface area (Å²) in [6.07, 6.45) is 4.16. The number of ether oxygens (including phenoxy) is 3. The molecule has 0 aromatic heterocycles. The predicted octanol–water partition coefficient (Wildman–Crippen LogP) is 2.52. The molecule has 1 N–H and O–H groups in total. The monoisotopic (exact) mass is 334 g/mol. The van der Waals surface area contributed by atoms with Crippen LogP contribution >= 0.6 is 0 Å². The zero-order valence-corrected chi connectivity index (χ0v) is 13.5. The third-order valence-corrected chi connectivity index (χ3v) is 2.86. The molecule has 0 aliphatic heterocycles. The van der Waals surface area contributed by atoms with Crippen LogP contribution in [-0.4, -0.2) is 43.5 Å². The standard InChI is InChI=1S/C18H22O6/c1-3-8-23-17(20)14-11-15(18(21)24-9-4-2)13-16(12-14)22-10-6-5-7-19/h3-4,11-13,19H,1-2,5-10H2. The molecule has 0 heterocycles. The molecule has 0 saturated carbocycles. The van der Waals surface area contributed by atoms with Gasteiger partial charge in [-0.2, -0.15) is 0 Å². The SMILES string of the molecule is C=CCOC(=O)c1cc(OCCCCO)cc(C(=O)OCC=C)c1. The number of carbonyl (C=O) groups excluding carboxylic acids is 2. The number of unbranched alkanes of at least 4 members (excludes halogenated alkanes) is 1. The van der Waals surface area contributed by atoms with Crippen molar-refractivity contribution in [1.29, 1.82) is 0 Å². The number of hydrogen-bond donors (Lipinski definition) is 1. The van der Waals surface area contributed by atoms with E-state index in [1.54, 1.807) is 0 Å². The zero-order valence-electron chi connectivity index (χ0n) is 13.5. The molecule has 0 spiro atoms. The molecule has 130 valence electrons. The van der Waals surface area contributed by atoms with Crippen LogP contribution < -0.4 is 4.74 Å². The molecule has 0 bridgehead atoms. The fraction of sp³-hybridized carbons (Fsp3) is 0.333. The molecule has 0 atom stereocenters. The molecular formula is C18H22O6. The van der Waals surface area contributed by atoms with E-state index >= 15 is 0 Å². The minimum Gasteiger partial charge on any atom is -0.494 e. The first-order valence-electron chi connectivity index (χ1n) is 7.57. The van der Waals surface area contributed by atoms with E-state index in [1.807, 2.05) is 0 Å². The van der Waals surface area contributed by atoms with Crippen LogP contribution in [0.5, 0.6) is 5.75 Å². The maximum absolute atomic E-state index is 12.0. The van der Waals surface area contributed by atoms with Crippen molar-refractivity contribution in [2.24, 2.45) is 0 Å². The van der Waals surface area contributed by atoms with Crippen molar-refractivity contribution >= 4 is 11.9 Å². The molecule has 0 aliphatic rings. The van der Waals surface area contributed by atoms with Crippen LogP contribution in [0.1, 0.15) is 33.6 Å². The molecule has 0 saturated heterocycles. The van der Waals surface area contributed by atoms with E-state index in [2.05, 4.69) is 13.2 Å². The smallest absolute Gasteiger partial charge is 0.338 e. The van der Waals surface area contributed by atoms with E-state index in [0.29, 0.717) is 25.2 Å². The maximum atomic E-state index is 12.0. The molecule has 0 aliphatic carbocycles. The lowest BCUT2D eigenvalue weighted by atomic mass is 10.1. The van der Waals surface area contributed by atoms with Gasteiger partial charge in [-0.25, -0.2) is 9.59 Å². The lowest BCUT2D eigenvalue weighted by Gasteiger charge is -2.10. The van der Waals surface area contributed by atoms with Crippen molar-refractivity contribution in [3.05, 3.63) is 54.6 Å². The van der Waals surface area contributed by atoms with Gasteiger partial charge in [0.15, 0.2) is 0 Å². The summed E-state index contributed by atoms with van der Waals surface area (Å²) in [7, 11) is 0. The molecular weight excluding hydrogens is 312 g/mol. The van der Waals surface area contributed by atoms with Gasteiger partial charge in [0.2, 0.25) is 0 Å². The van der Waals surface area contributed by atoms with Gasteiger partial charge in [0.25, 0.3) is 0 Å². The highest BCUT2D eigenvalue weighted by molar-refractivity contribution is 5.96. The van der Waals surface area contributed by atoms with Gasteiger partial charge in [-0.3, -0.25) is 0 Å².